The van der Waals surface area contributed by atoms with E-state index in [0.29, 0.717) is 17.1 Å². The maximum atomic E-state index is 13.6. The minimum Gasteiger partial charge on any atom is -0.381 e. The van der Waals surface area contributed by atoms with E-state index in [1.54, 1.807) is 12.1 Å². The second-order valence-corrected chi connectivity index (χ2v) is 5.62. The maximum Gasteiger partial charge on any atom is 0.128 e. The van der Waals surface area contributed by atoms with Gasteiger partial charge in [-0.1, -0.05) is 29.8 Å². The molecule has 3 nitrogen and oxygen atoms in total. The molecule has 22 heavy (non-hydrogen) atoms. The molecule has 0 spiro atoms. The molecule has 116 valence electrons. The molecule has 1 aliphatic heterocycles. The lowest BCUT2D eigenvalue weighted by Gasteiger charge is -2.29. The third-order valence-corrected chi connectivity index (χ3v) is 4.04. The van der Waals surface area contributed by atoms with Gasteiger partial charge in [-0.3, -0.25) is 0 Å². The van der Waals surface area contributed by atoms with E-state index in [4.69, 9.17) is 16.3 Å². The van der Waals surface area contributed by atoms with Crippen LogP contribution in [0.15, 0.2) is 42.5 Å². The highest BCUT2D eigenvalue weighted by molar-refractivity contribution is 6.33. The van der Waals surface area contributed by atoms with Crippen molar-refractivity contribution in [2.75, 3.05) is 36.5 Å². The van der Waals surface area contributed by atoms with Gasteiger partial charge in [0.15, 0.2) is 0 Å². The average Bonchev–Trinajstić information content (AvgIpc) is 2.55. The fourth-order valence-corrected chi connectivity index (χ4v) is 2.82. The molecule has 1 fully saturated rings. The van der Waals surface area contributed by atoms with Crippen molar-refractivity contribution in [3.8, 4) is 0 Å². The van der Waals surface area contributed by atoms with E-state index < -0.39 is 0 Å². The molecule has 0 saturated carbocycles. The van der Waals surface area contributed by atoms with Crippen molar-refractivity contribution in [2.24, 2.45) is 0 Å². The predicted octanol–water partition coefficient (Wildman–Crippen LogP) is 3.93. The molecule has 3 rings (SSSR count). The smallest absolute Gasteiger partial charge is 0.128 e. The summed E-state index contributed by atoms with van der Waals surface area (Å²) in [4.78, 5) is 2.21. The van der Waals surface area contributed by atoms with E-state index in [0.717, 1.165) is 37.7 Å². The standard InChI is InChI=1S/C17H18ClFN2O/c18-15-11-14(20-12-13-3-1-2-4-16(13)19)5-6-17(15)21-7-9-22-10-8-21/h1-6,11,20H,7-10,12H2. The second kappa shape index (κ2) is 6.99. The van der Waals surface area contributed by atoms with E-state index in [1.165, 1.54) is 6.07 Å². The fraction of sp³-hybridized carbons (Fsp3) is 0.294. The first kappa shape index (κ1) is 15.1. The van der Waals surface area contributed by atoms with Gasteiger partial charge in [-0.2, -0.15) is 0 Å². The topological polar surface area (TPSA) is 24.5 Å². The molecule has 0 bridgehead atoms. The Kier molecular flexibility index (Phi) is 4.80. The van der Waals surface area contributed by atoms with Crippen LogP contribution in [0.5, 0.6) is 0 Å². The largest absolute Gasteiger partial charge is 0.381 e. The van der Waals surface area contributed by atoms with Crippen LogP contribution in [0.2, 0.25) is 5.02 Å². The minimum absolute atomic E-state index is 0.203. The molecular weight excluding hydrogens is 303 g/mol. The van der Waals surface area contributed by atoms with Gasteiger partial charge >= 0.3 is 0 Å². The van der Waals surface area contributed by atoms with Gasteiger partial charge in [-0.25, -0.2) is 4.39 Å². The van der Waals surface area contributed by atoms with Crippen molar-refractivity contribution in [2.45, 2.75) is 6.54 Å². The number of hydrogen-bond acceptors (Lipinski definition) is 3. The molecule has 0 atom stereocenters. The van der Waals surface area contributed by atoms with Crippen molar-refractivity contribution >= 4 is 23.0 Å². The summed E-state index contributed by atoms with van der Waals surface area (Å²) in [6.45, 7) is 3.58. The van der Waals surface area contributed by atoms with E-state index in [2.05, 4.69) is 10.2 Å². The number of morpholine rings is 1. The molecule has 5 heteroatoms. The van der Waals surface area contributed by atoms with Crippen molar-refractivity contribution in [3.63, 3.8) is 0 Å². The Balaban J connectivity index is 1.68. The van der Waals surface area contributed by atoms with Gasteiger partial charge in [0.1, 0.15) is 5.82 Å². The van der Waals surface area contributed by atoms with E-state index in [-0.39, 0.29) is 5.82 Å². The van der Waals surface area contributed by atoms with Crippen molar-refractivity contribution in [1.29, 1.82) is 0 Å². The van der Waals surface area contributed by atoms with Gasteiger partial charge in [0.05, 0.1) is 23.9 Å². The number of anilines is 2. The van der Waals surface area contributed by atoms with Gasteiger partial charge in [-0.15, -0.1) is 0 Å². The van der Waals surface area contributed by atoms with Crippen molar-refractivity contribution in [1.82, 2.24) is 0 Å². The highest BCUT2D eigenvalue weighted by Crippen LogP contribution is 2.29. The lowest BCUT2D eigenvalue weighted by Crippen LogP contribution is -2.36. The Morgan fingerprint density at radius 2 is 1.91 bits per heavy atom. The van der Waals surface area contributed by atoms with Crippen LogP contribution in [0.25, 0.3) is 0 Å². The highest BCUT2D eigenvalue weighted by Gasteiger charge is 2.14. The van der Waals surface area contributed by atoms with E-state index in [9.17, 15) is 4.39 Å². The summed E-state index contributed by atoms with van der Waals surface area (Å²) in [7, 11) is 0. The number of nitrogens with zero attached hydrogens (tertiary/aromatic N) is 1. The average molecular weight is 321 g/mol. The number of ether oxygens (including phenoxy) is 1. The van der Waals surface area contributed by atoms with Gasteiger partial charge < -0.3 is 15.0 Å². The normalized spacial score (nSPS) is 14.9. The number of rotatable bonds is 4. The first-order chi connectivity index (χ1) is 10.7. The molecule has 0 radical (unpaired) electrons. The number of halogens is 2. The molecule has 1 aliphatic rings. The molecule has 1 saturated heterocycles. The monoisotopic (exact) mass is 320 g/mol. The SMILES string of the molecule is Fc1ccccc1CNc1ccc(N2CCOCC2)c(Cl)c1. The Hall–Kier alpha value is -1.78. The molecule has 0 unspecified atom stereocenters. The predicted molar refractivity (Wildman–Crippen MR) is 88.2 cm³/mol. The van der Waals surface area contributed by atoms with Crippen LogP contribution in [0.1, 0.15) is 5.56 Å². The maximum absolute atomic E-state index is 13.6. The van der Waals surface area contributed by atoms with Crippen LogP contribution in [-0.2, 0) is 11.3 Å². The Morgan fingerprint density at radius 3 is 2.64 bits per heavy atom. The first-order valence-electron chi connectivity index (χ1n) is 7.33. The number of benzene rings is 2. The summed E-state index contributed by atoms with van der Waals surface area (Å²) in [5, 5.41) is 3.90. The van der Waals surface area contributed by atoms with Crippen molar-refractivity contribution in [3.05, 3.63) is 58.9 Å². The molecule has 1 N–H and O–H groups in total. The van der Waals surface area contributed by atoms with E-state index in [1.807, 2.05) is 24.3 Å². The number of nitrogens with one attached hydrogen (secondary N) is 1. The van der Waals surface area contributed by atoms with Gasteiger partial charge in [0, 0.05) is 30.9 Å². The van der Waals surface area contributed by atoms with Crippen LogP contribution in [0.3, 0.4) is 0 Å². The van der Waals surface area contributed by atoms with Crippen LogP contribution < -0.4 is 10.2 Å². The minimum atomic E-state index is -0.203. The Bertz CT molecular complexity index is 644. The summed E-state index contributed by atoms with van der Waals surface area (Å²) in [6, 6.07) is 12.6. The van der Waals surface area contributed by atoms with Crippen LogP contribution in [0.4, 0.5) is 15.8 Å². The Morgan fingerprint density at radius 1 is 1.14 bits per heavy atom. The quantitative estimate of drug-likeness (QED) is 0.924. The lowest BCUT2D eigenvalue weighted by molar-refractivity contribution is 0.122. The van der Waals surface area contributed by atoms with E-state index >= 15 is 0 Å². The summed E-state index contributed by atoms with van der Waals surface area (Å²) < 4.78 is 18.9. The Labute approximate surface area is 134 Å². The third-order valence-electron chi connectivity index (χ3n) is 3.74. The van der Waals surface area contributed by atoms with Gasteiger partial charge in [-0.05, 0) is 24.3 Å². The highest BCUT2D eigenvalue weighted by atomic mass is 35.5. The first-order valence-corrected chi connectivity index (χ1v) is 7.71. The zero-order valence-electron chi connectivity index (χ0n) is 12.2. The molecule has 0 aromatic heterocycles. The summed E-state index contributed by atoms with van der Waals surface area (Å²) in [6.07, 6.45) is 0. The zero-order chi connectivity index (χ0) is 15.4. The number of hydrogen-bond donors (Lipinski definition) is 1. The summed E-state index contributed by atoms with van der Waals surface area (Å²) in [5.74, 6) is -0.203. The van der Waals surface area contributed by atoms with Gasteiger partial charge in [0.2, 0.25) is 0 Å². The summed E-state index contributed by atoms with van der Waals surface area (Å²) >= 11 is 6.38. The van der Waals surface area contributed by atoms with Crippen LogP contribution >= 0.6 is 11.6 Å². The van der Waals surface area contributed by atoms with Crippen molar-refractivity contribution < 1.29 is 9.13 Å². The molecular formula is C17H18ClFN2O. The molecule has 0 aliphatic carbocycles. The molecule has 0 amide bonds. The molecule has 1 heterocycles. The molecule has 2 aromatic carbocycles. The zero-order valence-corrected chi connectivity index (χ0v) is 12.9. The summed E-state index contributed by atoms with van der Waals surface area (Å²) in [5.41, 5.74) is 2.53. The van der Waals surface area contributed by atoms with Crippen LogP contribution in [-0.4, -0.2) is 26.3 Å². The third kappa shape index (κ3) is 3.51. The second-order valence-electron chi connectivity index (χ2n) is 5.21. The molecule has 2 aromatic rings. The fourth-order valence-electron chi connectivity index (χ4n) is 2.52. The lowest BCUT2D eigenvalue weighted by atomic mass is 10.2. The van der Waals surface area contributed by atoms with Gasteiger partial charge in [0.25, 0.3) is 0 Å². The van der Waals surface area contributed by atoms with Crippen LogP contribution in [0, 0.1) is 5.82 Å².